The summed E-state index contributed by atoms with van der Waals surface area (Å²) in [4.78, 5) is 7.93. The van der Waals surface area contributed by atoms with Gasteiger partial charge in [-0.1, -0.05) is 11.6 Å². The van der Waals surface area contributed by atoms with Crippen molar-refractivity contribution in [2.45, 2.75) is 27.7 Å². The van der Waals surface area contributed by atoms with E-state index < -0.39 is 0 Å². The third kappa shape index (κ3) is 3.46. The summed E-state index contributed by atoms with van der Waals surface area (Å²) in [6.45, 7) is 8.24. The third-order valence-corrected chi connectivity index (χ3v) is 5.58. The molecule has 0 fully saturated rings. The van der Waals surface area contributed by atoms with Gasteiger partial charge < -0.3 is 9.55 Å². The molecule has 0 bridgehead atoms. The third-order valence-electron chi connectivity index (χ3n) is 5.33. The zero-order valence-corrected chi connectivity index (χ0v) is 17.6. The molecule has 0 spiro atoms. The Morgan fingerprint density at radius 2 is 1.76 bits per heavy atom. The molecule has 0 atom stereocenters. The van der Waals surface area contributed by atoms with Crippen LogP contribution in [0.15, 0.2) is 42.5 Å². The average molecular weight is 401 g/mol. The Morgan fingerprint density at radius 3 is 2.45 bits per heavy atom. The van der Waals surface area contributed by atoms with Crippen LogP contribution in [0.2, 0.25) is 5.02 Å². The van der Waals surface area contributed by atoms with E-state index in [0.717, 1.165) is 33.7 Å². The lowest BCUT2D eigenvalue weighted by atomic mass is 10.1. The maximum atomic E-state index is 9.79. The first-order chi connectivity index (χ1) is 13.9. The number of hydrogen-bond acceptors (Lipinski definition) is 2. The molecule has 0 radical (unpaired) electrons. The van der Waals surface area contributed by atoms with Crippen molar-refractivity contribution >= 4 is 34.3 Å². The van der Waals surface area contributed by atoms with Gasteiger partial charge in [0, 0.05) is 22.1 Å². The molecule has 0 saturated carbocycles. The van der Waals surface area contributed by atoms with Crippen LogP contribution in [-0.2, 0) is 0 Å². The summed E-state index contributed by atoms with van der Waals surface area (Å²) in [7, 11) is 0. The fourth-order valence-corrected chi connectivity index (χ4v) is 3.75. The van der Waals surface area contributed by atoms with E-state index in [1.54, 1.807) is 0 Å². The largest absolute Gasteiger partial charge is 0.337 e. The quantitative estimate of drug-likeness (QED) is 0.410. The van der Waals surface area contributed by atoms with E-state index in [1.807, 2.05) is 43.3 Å². The van der Waals surface area contributed by atoms with Gasteiger partial charge in [-0.2, -0.15) is 5.26 Å². The predicted molar refractivity (Wildman–Crippen MR) is 119 cm³/mol. The zero-order chi connectivity index (χ0) is 20.7. The average Bonchev–Trinajstić information content (AvgIpc) is 3.21. The van der Waals surface area contributed by atoms with Gasteiger partial charge in [0.2, 0.25) is 0 Å². The molecule has 0 aliphatic heterocycles. The van der Waals surface area contributed by atoms with Gasteiger partial charge in [-0.25, -0.2) is 4.98 Å². The number of nitriles is 1. The number of hydrogen-bond donors (Lipinski definition) is 1. The summed E-state index contributed by atoms with van der Waals surface area (Å²) in [6, 6.07) is 16.2. The van der Waals surface area contributed by atoms with E-state index in [9.17, 15) is 5.26 Å². The Hall–Kier alpha value is -3.29. The SMILES string of the molecule is Cc1cc2nc(/C(C#N)=C\c3cc(C)n(-c4ccc(Cl)cc4)c3C)[nH]c2cc1C. The topological polar surface area (TPSA) is 57.4 Å². The van der Waals surface area contributed by atoms with E-state index in [2.05, 4.69) is 53.5 Å². The van der Waals surface area contributed by atoms with Crippen LogP contribution >= 0.6 is 11.6 Å². The summed E-state index contributed by atoms with van der Waals surface area (Å²) in [6.07, 6.45) is 1.90. The van der Waals surface area contributed by atoms with Crippen molar-refractivity contribution in [1.29, 1.82) is 5.26 Å². The van der Waals surface area contributed by atoms with Crippen molar-refractivity contribution in [2.75, 3.05) is 0 Å². The van der Waals surface area contributed by atoms with Crippen LogP contribution in [0.25, 0.3) is 28.4 Å². The minimum absolute atomic E-state index is 0.507. The van der Waals surface area contributed by atoms with Gasteiger partial charge in [0.05, 0.1) is 16.6 Å². The monoisotopic (exact) mass is 400 g/mol. The number of imidazole rings is 1. The van der Waals surface area contributed by atoms with Crippen LogP contribution in [0.3, 0.4) is 0 Å². The van der Waals surface area contributed by atoms with Gasteiger partial charge in [-0.15, -0.1) is 0 Å². The molecule has 0 aliphatic carbocycles. The highest BCUT2D eigenvalue weighted by atomic mass is 35.5. The number of H-pyrrole nitrogens is 1. The molecule has 0 saturated heterocycles. The first kappa shape index (κ1) is 19.0. The van der Waals surface area contributed by atoms with E-state index in [-0.39, 0.29) is 0 Å². The van der Waals surface area contributed by atoms with Gasteiger partial charge in [-0.05, 0) is 92.9 Å². The molecule has 4 rings (SSSR count). The van der Waals surface area contributed by atoms with E-state index in [4.69, 9.17) is 11.6 Å². The Labute approximate surface area is 175 Å². The molecule has 29 heavy (non-hydrogen) atoms. The number of nitrogens with zero attached hydrogens (tertiary/aromatic N) is 3. The fourth-order valence-electron chi connectivity index (χ4n) is 3.63. The number of halogens is 1. The summed E-state index contributed by atoms with van der Waals surface area (Å²) < 4.78 is 2.16. The van der Waals surface area contributed by atoms with Crippen LogP contribution < -0.4 is 0 Å². The van der Waals surface area contributed by atoms with Crippen LogP contribution in [0.1, 0.15) is 33.9 Å². The predicted octanol–water partition coefficient (Wildman–Crippen LogP) is 6.30. The summed E-state index contributed by atoms with van der Waals surface area (Å²) in [5.41, 5.74) is 8.87. The summed E-state index contributed by atoms with van der Waals surface area (Å²) in [5, 5.41) is 10.5. The fraction of sp³-hybridized carbons (Fsp3) is 0.167. The lowest BCUT2D eigenvalue weighted by Gasteiger charge is -2.09. The highest BCUT2D eigenvalue weighted by Gasteiger charge is 2.13. The second kappa shape index (κ2) is 7.27. The summed E-state index contributed by atoms with van der Waals surface area (Å²) in [5.74, 6) is 0.587. The van der Waals surface area contributed by atoms with Gasteiger partial charge in [-0.3, -0.25) is 0 Å². The van der Waals surface area contributed by atoms with Gasteiger partial charge >= 0.3 is 0 Å². The minimum Gasteiger partial charge on any atom is -0.337 e. The van der Waals surface area contributed by atoms with Crippen molar-refractivity contribution in [3.63, 3.8) is 0 Å². The Balaban J connectivity index is 1.79. The molecule has 4 aromatic rings. The minimum atomic E-state index is 0.507. The number of fused-ring (bicyclic) bond motifs is 1. The van der Waals surface area contributed by atoms with Crippen LogP contribution in [0.5, 0.6) is 0 Å². The number of aromatic amines is 1. The summed E-state index contributed by atoms with van der Waals surface area (Å²) >= 11 is 6.03. The highest BCUT2D eigenvalue weighted by Crippen LogP contribution is 2.26. The molecule has 0 aliphatic rings. The maximum absolute atomic E-state index is 9.79. The van der Waals surface area contributed by atoms with Gasteiger partial charge in [0.15, 0.2) is 0 Å². The normalized spacial score (nSPS) is 11.8. The van der Waals surface area contributed by atoms with Crippen molar-refractivity contribution < 1.29 is 0 Å². The highest BCUT2D eigenvalue weighted by molar-refractivity contribution is 6.30. The second-order valence-electron chi connectivity index (χ2n) is 7.35. The van der Waals surface area contributed by atoms with Crippen LogP contribution in [0.4, 0.5) is 0 Å². The molecule has 2 heterocycles. The number of allylic oxidation sites excluding steroid dienone is 1. The molecular formula is C24H21ClN4. The van der Waals surface area contributed by atoms with Crippen molar-refractivity contribution in [2.24, 2.45) is 0 Å². The van der Waals surface area contributed by atoms with E-state index in [1.165, 1.54) is 11.1 Å². The van der Waals surface area contributed by atoms with E-state index >= 15 is 0 Å². The lowest BCUT2D eigenvalue weighted by Crippen LogP contribution is -1.98. The molecule has 2 aromatic carbocycles. The smallest absolute Gasteiger partial charge is 0.149 e. The molecule has 0 amide bonds. The molecule has 144 valence electrons. The first-order valence-corrected chi connectivity index (χ1v) is 9.79. The number of nitrogens with one attached hydrogen (secondary N) is 1. The number of rotatable bonds is 3. The molecule has 0 unspecified atom stereocenters. The molecule has 5 heteroatoms. The lowest BCUT2D eigenvalue weighted by molar-refractivity contribution is 0.964. The van der Waals surface area contributed by atoms with Crippen molar-refractivity contribution in [1.82, 2.24) is 14.5 Å². The number of aryl methyl sites for hydroxylation is 3. The second-order valence-corrected chi connectivity index (χ2v) is 7.78. The van der Waals surface area contributed by atoms with Gasteiger partial charge in [0.25, 0.3) is 0 Å². The molecule has 1 N–H and O–H groups in total. The first-order valence-electron chi connectivity index (χ1n) is 9.41. The number of aromatic nitrogens is 3. The van der Waals surface area contributed by atoms with Crippen LogP contribution in [0, 0.1) is 39.0 Å². The van der Waals surface area contributed by atoms with Gasteiger partial charge in [0.1, 0.15) is 11.9 Å². The van der Waals surface area contributed by atoms with E-state index in [0.29, 0.717) is 16.4 Å². The van der Waals surface area contributed by atoms with Crippen molar-refractivity contribution in [3.05, 3.63) is 81.4 Å². The standard InChI is InChI=1S/C24H21ClN4/c1-14-9-22-23(10-15(14)2)28-24(27-22)19(13-26)12-18-11-16(3)29(17(18)4)21-7-5-20(25)6-8-21/h5-12H,1-4H3,(H,27,28)/b19-12-. The molecular weight excluding hydrogens is 380 g/mol. The maximum Gasteiger partial charge on any atom is 0.149 e. The number of benzene rings is 2. The van der Waals surface area contributed by atoms with Crippen LogP contribution in [-0.4, -0.2) is 14.5 Å². The molecule has 4 nitrogen and oxygen atoms in total. The Bertz CT molecular complexity index is 1260. The van der Waals surface area contributed by atoms with Crippen molar-refractivity contribution in [3.8, 4) is 11.8 Å². The Kier molecular flexibility index (Phi) is 4.77. The zero-order valence-electron chi connectivity index (χ0n) is 16.8. The molecule has 2 aromatic heterocycles. The Morgan fingerprint density at radius 1 is 1.07 bits per heavy atom.